The summed E-state index contributed by atoms with van der Waals surface area (Å²) < 4.78 is 9.86. The highest BCUT2D eigenvalue weighted by atomic mass is 16.7. The number of rotatable bonds is 7. The van der Waals surface area contributed by atoms with Gasteiger partial charge in [-0.1, -0.05) is 6.92 Å². The van der Waals surface area contributed by atoms with Gasteiger partial charge in [-0.05, 0) is 13.3 Å². The van der Waals surface area contributed by atoms with Crippen LogP contribution in [0.4, 0.5) is 0 Å². The molecule has 0 aliphatic heterocycles. The maximum Gasteiger partial charge on any atom is 0.308 e. The van der Waals surface area contributed by atoms with Crippen molar-refractivity contribution in [1.29, 1.82) is 0 Å². The minimum atomic E-state index is -1.01. The van der Waals surface area contributed by atoms with Crippen LogP contribution < -0.4 is 0 Å². The van der Waals surface area contributed by atoms with E-state index in [2.05, 4.69) is 0 Å². The molecule has 0 bridgehead atoms. The van der Waals surface area contributed by atoms with Crippen LogP contribution in [0.2, 0.25) is 0 Å². The van der Waals surface area contributed by atoms with Gasteiger partial charge in [-0.3, -0.25) is 9.59 Å². The van der Waals surface area contributed by atoms with Crippen molar-refractivity contribution in [3.63, 3.8) is 0 Å². The van der Waals surface area contributed by atoms with E-state index >= 15 is 0 Å². The van der Waals surface area contributed by atoms with E-state index in [4.69, 9.17) is 14.6 Å². The third kappa shape index (κ3) is 7.54. The fourth-order valence-corrected chi connectivity index (χ4v) is 0.771. The van der Waals surface area contributed by atoms with E-state index in [9.17, 15) is 9.59 Å². The summed E-state index contributed by atoms with van der Waals surface area (Å²) in [6.07, 6.45) is -0.0813. The van der Waals surface area contributed by atoms with Crippen LogP contribution >= 0.6 is 0 Å². The molecule has 5 nitrogen and oxygen atoms in total. The van der Waals surface area contributed by atoms with E-state index in [0.29, 0.717) is 6.61 Å². The van der Waals surface area contributed by atoms with E-state index in [0.717, 1.165) is 6.42 Å². The summed E-state index contributed by atoms with van der Waals surface area (Å²) >= 11 is 0. The molecule has 14 heavy (non-hydrogen) atoms. The largest absolute Gasteiger partial charge is 0.481 e. The van der Waals surface area contributed by atoms with Crippen molar-refractivity contribution in [2.45, 2.75) is 39.4 Å². The Bertz CT molecular complexity index is 190. The van der Waals surface area contributed by atoms with Crippen LogP contribution in [-0.2, 0) is 19.1 Å². The van der Waals surface area contributed by atoms with E-state index in [1.807, 2.05) is 6.92 Å². The first-order chi connectivity index (χ1) is 6.56. The second kappa shape index (κ2) is 7.32. The number of ether oxygens (including phenoxy) is 2. The van der Waals surface area contributed by atoms with Gasteiger partial charge in [0.05, 0.1) is 19.4 Å². The lowest BCUT2D eigenvalue weighted by atomic mass is 10.3. The Hall–Kier alpha value is -1.10. The van der Waals surface area contributed by atoms with Crippen LogP contribution in [0.5, 0.6) is 0 Å². The standard InChI is InChI=1S/C9H16O5/c1-3-6-13-7(2)14-9(12)5-4-8(10)11/h7H,3-6H2,1-2H3,(H,10,11). The fourth-order valence-electron chi connectivity index (χ4n) is 0.771. The number of carbonyl (C=O) groups is 2. The van der Waals surface area contributed by atoms with Gasteiger partial charge in [0.1, 0.15) is 0 Å². The summed E-state index contributed by atoms with van der Waals surface area (Å²) in [5.41, 5.74) is 0. The van der Waals surface area contributed by atoms with Gasteiger partial charge in [-0.2, -0.15) is 0 Å². The topological polar surface area (TPSA) is 72.8 Å². The number of carboxylic acids is 1. The van der Waals surface area contributed by atoms with Gasteiger partial charge in [0.15, 0.2) is 6.29 Å². The molecule has 0 aromatic heterocycles. The van der Waals surface area contributed by atoms with E-state index in [-0.39, 0.29) is 12.8 Å². The first kappa shape index (κ1) is 12.9. The zero-order valence-corrected chi connectivity index (χ0v) is 8.49. The Labute approximate surface area is 83.0 Å². The molecule has 0 heterocycles. The lowest BCUT2D eigenvalue weighted by Gasteiger charge is -2.12. The summed E-state index contributed by atoms with van der Waals surface area (Å²) in [6, 6.07) is 0. The molecular weight excluding hydrogens is 188 g/mol. The first-order valence-electron chi connectivity index (χ1n) is 4.59. The quantitative estimate of drug-likeness (QED) is 0.497. The summed E-state index contributed by atoms with van der Waals surface area (Å²) in [6.45, 7) is 4.07. The minimum absolute atomic E-state index is 0.116. The van der Waals surface area contributed by atoms with Gasteiger partial charge >= 0.3 is 11.9 Å². The summed E-state index contributed by atoms with van der Waals surface area (Å²) in [5, 5.41) is 8.30. The highest BCUT2D eigenvalue weighted by Crippen LogP contribution is 1.99. The van der Waals surface area contributed by atoms with Gasteiger partial charge in [0.25, 0.3) is 0 Å². The molecule has 0 amide bonds. The molecule has 0 spiro atoms. The molecule has 0 rings (SSSR count). The van der Waals surface area contributed by atoms with Crippen LogP contribution in [-0.4, -0.2) is 29.9 Å². The molecule has 1 unspecified atom stereocenters. The molecule has 0 radical (unpaired) electrons. The SMILES string of the molecule is CCCOC(C)OC(=O)CCC(=O)O. The normalized spacial score (nSPS) is 12.1. The van der Waals surface area contributed by atoms with Crippen LogP contribution in [0.25, 0.3) is 0 Å². The number of hydrogen-bond acceptors (Lipinski definition) is 4. The number of carboxylic acid groups (broad SMARTS) is 1. The van der Waals surface area contributed by atoms with Crippen LogP contribution in [0.1, 0.15) is 33.1 Å². The predicted molar refractivity (Wildman–Crippen MR) is 48.7 cm³/mol. The summed E-state index contributed by atoms with van der Waals surface area (Å²) in [5.74, 6) is -1.56. The zero-order valence-electron chi connectivity index (χ0n) is 8.49. The molecule has 0 aromatic carbocycles. The summed E-state index contributed by atoms with van der Waals surface area (Å²) in [7, 11) is 0. The van der Waals surface area contributed by atoms with Crippen molar-refractivity contribution < 1.29 is 24.2 Å². The number of hydrogen-bond donors (Lipinski definition) is 1. The van der Waals surface area contributed by atoms with Crippen LogP contribution in [0.15, 0.2) is 0 Å². The maximum atomic E-state index is 11.0. The van der Waals surface area contributed by atoms with Gasteiger partial charge in [0, 0.05) is 0 Å². The van der Waals surface area contributed by atoms with Crippen molar-refractivity contribution in [2.24, 2.45) is 0 Å². The third-order valence-corrected chi connectivity index (χ3v) is 1.40. The van der Waals surface area contributed by atoms with Crippen molar-refractivity contribution >= 4 is 11.9 Å². The lowest BCUT2D eigenvalue weighted by molar-refractivity contribution is -0.175. The average molecular weight is 204 g/mol. The molecule has 1 N–H and O–H groups in total. The first-order valence-corrected chi connectivity index (χ1v) is 4.59. The molecule has 0 saturated carbocycles. The Balaban J connectivity index is 3.55. The molecule has 82 valence electrons. The van der Waals surface area contributed by atoms with E-state index in [1.54, 1.807) is 6.92 Å². The van der Waals surface area contributed by atoms with Gasteiger partial charge in [-0.15, -0.1) is 0 Å². The highest BCUT2D eigenvalue weighted by molar-refractivity contribution is 5.76. The molecule has 0 fully saturated rings. The number of esters is 1. The average Bonchev–Trinajstić information content (AvgIpc) is 2.11. The maximum absolute atomic E-state index is 11.0. The number of carbonyl (C=O) groups excluding carboxylic acids is 1. The van der Waals surface area contributed by atoms with Crippen molar-refractivity contribution in [1.82, 2.24) is 0 Å². The monoisotopic (exact) mass is 204 g/mol. The van der Waals surface area contributed by atoms with Gasteiger partial charge in [-0.25, -0.2) is 0 Å². The smallest absolute Gasteiger partial charge is 0.308 e. The predicted octanol–water partition coefficient (Wildman–Crippen LogP) is 1.17. The molecule has 5 heteroatoms. The zero-order chi connectivity index (χ0) is 11.0. The lowest BCUT2D eigenvalue weighted by Crippen LogP contribution is -2.19. The molecular formula is C9H16O5. The second-order valence-electron chi connectivity index (χ2n) is 2.82. The van der Waals surface area contributed by atoms with Crippen molar-refractivity contribution in [3.05, 3.63) is 0 Å². The minimum Gasteiger partial charge on any atom is -0.481 e. The van der Waals surface area contributed by atoms with Crippen molar-refractivity contribution in [3.8, 4) is 0 Å². The Kier molecular flexibility index (Phi) is 6.74. The third-order valence-electron chi connectivity index (χ3n) is 1.40. The molecule has 0 aliphatic rings. The molecule has 1 atom stereocenters. The van der Waals surface area contributed by atoms with Gasteiger partial charge < -0.3 is 14.6 Å². The molecule has 0 aromatic rings. The van der Waals surface area contributed by atoms with Crippen LogP contribution in [0, 0.1) is 0 Å². The second-order valence-corrected chi connectivity index (χ2v) is 2.82. The van der Waals surface area contributed by atoms with Gasteiger partial charge in [0.2, 0.25) is 0 Å². The highest BCUT2D eigenvalue weighted by Gasteiger charge is 2.10. The Morgan fingerprint density at radius 1 is 1.36 bits per heavy atom. The summed E-state index contributed by atoms with van der Waals surface area (Å²) in [4.78, 5) is 21.1. The van der Waals surface area contributed by atoms with Crippen LogP contribution in [0.3, 0.4) is 0 Å². The van der Waals surface area contributed by atoms with E-state index in [1.165, 1.54) is 0 Å². The molecule has 0 saturated heterocycles. The Morgan fingerprint density at radius 3 is 2.50 bits per heavy atom. The van der Waals surface area contributed by atoms with E-state index < -0.39 is 18.2 Å². The Morgan fingerprint density at radius 2 is 2.00 bits per heavy atom. The molecule has 0 aliphatic carbocycles. The fraction of sp³-hybridized carbons (Fsp3) is 0.778. The number of aliphatic carboxylic acids is 1. The van der Waals surface area contributed by atoms with Crippen molar-refractivity contribution in [2.75, 3.05) is 6.61 Å².